The first-order valence-corrected chi connectivity index (χ1v) is 5.01. The lowest BCUT2D eigenvalue weighted by atomic mass is 10.1. The van der Waals surface area contributed by atoms with Gasteiger partial charge in [0, 0.05) is 24.1 Å². The Labute approximate surface area is 92.3 Å². The van der Waals surface area contributed by atoms with Gasteiger partial charge in [-0.25, -0.2) is 0 Å². The van der Waals surface area contributed by atoms with Crippen LogP contribution in [0.3, 0.4) is 0 Å². The average molecular weight is 213 g/mol. The van der Waals surface area contributed by atoms with Gasteiger partial charge in [-0.05, 0) is 12.1 Å². The number of hydrogen-bond acceptors (Lipinski definition) is 3. The Morgan fingerprint density at radius 3 is 2.88 bits per heavy atom. The summed E-state index contributed by atoms with van der Waals surface area (Å²) in [6.45, 7) is 0. The van der Waals surface area contributed by atoms with E-state index < -0.39 is 0 Å². The molecule has 3 rings (SSSR count). The molecule has 2 heterocycles. The third kappa shape index (κ3) is 1.27. The van der Waals surface area contributed by atoms with Gasteiger partial charge in [0.05, 0.1) is 12.0 Å². The Kier molecular flexibility index (Phi) is 1.77. The summed E-state index contributed by atoms with van der Waals surface area (Å²) in [4.78, 5) is 0. The fraction of sp³-hybridized carbons (Fsp3) is 0.0833. The van der Waals surface area contributed by atoms with E-state index in [1.807, 2.05) is 37.4 Å². The Balaban J connectivity index is 2.17. The molecule has 0 aliphatic carbocycles. The number of aromatic nitrogens is 2. The molecule has 3 aromatic rings. The first-order chi connectivity index (χ1) is 7.74. The number of nitrogens with zero attached hydrogens (tertiary/aromatic N) is 2. The van der Waals surface area contributed by atoms with E-state index in [0.717, 1.165) is 22.2 Å². The van der Waals surface area contributed by atoms with Crippen molar-refractivity contribution in [2.24, 2.45) is 7.05 Å². The third-order valence-corrected chi connectivity index (χ3v) is 2.67. The van der Waals surface area contributed by atoms with Crippen LogP contribution in [-0.4, -0.2) is 9.78 Å². The standard InChI is InChI=1S/C12H11N3O/c1-15-12(13)7-10(14-15)9-3-2-8-4-5-16-11(8)6-9/h2-7H,13H2,1H3. The molecule has 80 valence electrons. The zero-order chi connectivity index (χ0) is 11.1. The zero-order valence-electron chi connectivity index (χ0n) is 8.84. The summed E-state index contributed by atoms with van der Waals surface area (Å²) in [5.41, 5.74) is 8.48. The summed E-state index contributed by atoms with van der Waals surface area (Å²) >= 11 is 0. The molecule has 0 unspecified atom stereocenters. The third-order valence-electron chi connectivity index (χ3n) is 2.67. The number of furan rings is 1. The van der Waals surface area contributed by atoms with Gasteiger partial charge < -0.3 is 10.2 Å². The lowest BCUT2D eigenvalue weighted by Gasteiger charge is -1.95. The molecule has 4 nitrogen and oxygen atoms in total. The largest absolute Gasteiger partial charge is 0.464 e. The van der Waals surface area contributed by atoms with Crippen molar-refractivity contribution in [1.29, 1.82) is 0 Å². The summed E-state index contributed by atoms with van der Waals surface area (Å²) < 4.78 is 7.01. The molecule has 0 bridgehead atoms. The molecule has 0 saturated carbocycles. The van der Waals surface area contributed by atoms with Gasteiger partial charge in [0.25, 0.3) is 0 Å². The second-order valence-corrected chi connectivity index (χ2v) is 3.75. The maximum absolute atomic E-state index is 5.75. The minimum Gasteiger partial charge on any atom is -0.464 e. The van der Waals surface area contributed by atoms with E-state index in [4.69, 9.17) is 10.2 Å². The molecule has 0 saturated heterocycles. The van der Waals surface area contributed by atoms with E-state index in [-0.39, 0.29) is 0 Å². The molecule has 0 fully saturated rings. The van der Waals surface area contributed by atoms with Gasteiger partial charge in [0.2, 0.25) is 0 Å². The van der Waals surface area contributed by atoms with Gasteiger partial charge in [0.1, 0.15) is 11.4 Å². The fourth-order valence-electron chi connectivity index (χ4n) is 1.74. The molecule has 0 aliphatic rings. The monoisotopic (exact) mass is 213 g/mol. The molecule has 4 heteroatoms. The molecule has 0 amide bonds. The van der Waals surface area contributed by atoms with Crippen LogP contribution in [0.25, 0.3) is 22.2 Å². The van der Waals surface area contributed by atoms with Gasteiger partial charge in [-0.15, -0.1) is 0 Å². The average Bonchev–Trinajstić information content (AvgIpc) is 2.85. The highest BCUT2D eigenvalue weighted by Crippen LogP contribution is 2.25. The Bertz CT molecular complexity index is 632. The zero-order valence-corrected chi connectivity index (χ0v) is 8.84. The number of hydrogen-bond donors (Lipinski definition) is 1. The van der Waals surface area contributed by atoms with Crippen LogP contribution in [0.1, 0.15) is 0 Å². The summed E-state index contributed by atoms with van der Waals surface area (Å²) in [5, 5.41) is 5.41. The summed E-state index contributed by atoms with van der Waals surface area (Å²) in [7, 11) is 1.82. The Morgan fingerprint density at radius 1 is 1.25 bits per heavy atom. The second-order valence-electron chi connectivity index (χ2n) is 3.75. The molecular formula is C12H11N3O. The smallest absolute Gasteiger partial charge is 0.134 e. The Morgan fingerprint density at radius 2 is 2.12 bits per heavy atom. The predicted molar refractivity (Wildman–Crippen MR) is 62.8 cm³/mol. The van der Waals surface area contributed by atoms with Gasteiger partial charge in [-0.1, -0.05) is 12.1 Å². The maximum Gasteiger partial charge on any atom is 0.134 e. The first-order valence-electron chi connectivity index (χ1n) is 5.01. The molecule has 2 aromatic heterocycles. The van der Waals surface area contributed by atoms with Gasteiger partial charge in [-0.2, -0.15) is 5.10 Å². The molecule has 0 atom stereocenters. The van der Waals surface area contributed by atoms with E-state index >= 15 is 0 Å². The SMILES string of the molecule is Cn1nc(-c2ccc3ccoc3c2)cc1N. The molecule has 0 spiro atoms. The second kappa shape index (κ2) is 3.13. The number of anilines is 1. The van der Waals surface area contributed by atoms with Crippen molar-refractivity contribution in [2.75, 3.05) is 5.73 Å². The van der Waals surface area contributed by atoms with Crippen LogP contribution in [0, 0.1) is 0 Å². The van der Waals surface area contributed by atoms with E-state index in [9.17, 15) is 0 Å². The molecule has 16 heavy (non-hydrogen) atoms. The lowest BCUT2D eigenvalue weighted by molar-refractivity contribution is 0.616. The summed E-state index contributed by atoms with van der Waals surface area (Å²) in [6.07, 6.45) is 1.68. The number of aryl methyl sites for hydroxylation is 1. The van der Waals surface area contributed by atoms with Crippen LogP contribution >= 0.6 is 0 Å². The van der Waals surface area contributed by atoms with Crippen LogP contribution in [0.15, 0.2) is 41.0 Å². The highest BCUT2D eigenvalue weighted by molar-refractivity contribution is 5.82. The van der Waals surface area contributed by atoms with Crippen molar-refractivity contribution < 1.29 is 4.42 Å². The van der Waals surface area contributed by atoms with Crippen molar-refractivity contribution >= 4 is 16.8 Å². The normalized spacial score (nSPS) is 11.1. The van der Waals surface area contributed by atoms with E-state index in [2.05, 4.69) is 5.10 Å². The minimum absolute atomic E-state index is 0.648. The predicted octanol–water partition coefficient (Wildman–Crippen LogP) is 2.42. The van der Waals surface area contributed by atoms with Gasteiger partial charge >= 0.3 is 0 Å². The van der Waals surface area contributed by atoms with Crippen molar-refractivity contribution in [3.63, 3.8) is 0 Å². The van der Waals surface area contributed by atoms with Gasteiger partial charge in [0.15, 0.2) is 0 Å². The Hall–Kier alpha value is -2.23. The van der Waals surface area contributed by atoms with Crippen molar-refractivity contribution in [2.45, 2.75) is 0 Å². The minimum atomic E-state index is 0.648. The van der Waals surface area contributed by atoms with Crippen LogP contribution in [-0.2, 0) is 7.05 Å². The van der Waals surface area contributed by atoms with Crippen LogP contribution in [0.2, 0.25) is 0 Å². The van der Waals surface area contributed by atoms with E-state index in [0.29, 0.717) is 5.82 Å². The highest BCUT2D eigenvalue weighted by atomic mass is 16.3. The number of rotatable bonds is 1. The van der Waals surface area contributed by atoms with Gasteiger partial charge in [-0.3, -0.25) is 4.68 Å². The molecule has 2 N–H and O–H groups in total. The topological polar surface area (TPSA) is 57.0 Å². The molecule has 0 aliphatic heterocycles. The van der Waals surface area contributed by atoms with Crippen molar-refractivity contribution in [3.05, 3.63) is 36.6 Å². The summed E-state index contributed by atoms with van der Waals surface area (Å²) in [6, 6.07) is 9.78. The quantitative estimate of drug-likeness (QED) is 0.675. The molecule has 1 aromatic carbocycles. The van der Waals surface area contributed by atoms with Crippen molar-refractivity contribution in [1.82, 2.24) is 9.78 Å². The number of fused-ring (bicyclic) bond motifs is 1. The van der Waals surface area contributed by atoms with Crippen LogP contribution in [0.4, 0.5) is 5.82 Å². The van der Waals surface area contributed by atoms with Crippen molar-refractivity contribution in [3.8, 4) is 11.3 Å². The number of nitrogen functional groups attached to an aromatic ring is 1. The number of nitrogens with two attached hydrogens (primary N) is 1. The number of benzene rings is 1. The molecular weight excluding hydrogens is 202 g/mol. The lowest BCUT2D eigenvalue weighted by Crippen LogP contribution is -1.96. The maximum atomic E-state index is 5.75. The first kappa shape index (κ1) is 9.03. The summed E-state index contributed by atoms with van der Waals surface area (Å²) in [5.74, 6) is 0.648. The van der Waals surface area contributed by atoms with Crippen LogP contribution in [0.5, 0.6) is 0 Å². The van der Waals surface area contributed by atoms with Crippen LogP contribution < -0.4 is 5.73 Å². The highest BCUT2D eigenvalue weighted by Gasteiger charge is 2.06. The fourth-order valence-corrected chi connectivity index (χ4v) is 1.74. The van der Waals surface area contributed by atoms with E-state index in [1.54, 1.807) is 10.9 Å². The molecule has 0 radical (unpaired) electrons. The van der Waals surface area contributed by atoms with E-state index in [1.165, 1.54) is 0 Å².